The second-order valence-electron chi connectivity index (χ2n) is 6.13. The first-order valence-corrected chi connectivity index (χ1v) is 8.99. The number of benzene rings is 3. The molecule has 0 unspecified atom stereocenters. The van der Waals surface area contributed by atoms with Crippen LogP contribution >= 0.6 is 0 Å². The Balaban J connectivity index is 1.62. The van der Waals surface area contributed by atoms with Crippen LogP contribution in [0.5, 0.6) is 17.2 Å². The molecule has 0 aliphatic carbocycles. The standard InChI is InChI=1S/C22H23N3O4/c1-27-19-11-15(12-20(28-2)22(19)29-3)13-24-25-21(26)14-23-18-10-6-8-16-7-4-5-9-17(16)18/h4-13,23H,14H2,1-3H3,(H,25,26). The topological polar surface area (TPSA) is 81.2 Å². The summed E-state index contributed by atoms with van der Waals surface area (Å²) in [6.45, 7) is 0.0978. The molecular weight excluding hydrogens is 370 g/mol. The van der Waals surface area contributed by atoms with E-state index in [1.807, 2.05) is 42.5 Å². The van der Waals surface area contributed by atoms with E-state index in [0.717, 1.165) is 16.5 Å². The van der Waals surface area contributed by atoms with Gasteiger partial charge in [0.1, 0.15) is 0 Å². The van der Waals surface area contributed by atoms with Crippen LogP contribution in [0.1, 0.15) is 5.56 Å². The highest BCUT2D eigenvalue weighted by Gasteiger charge is 2.12. The van der Waals surface area contributed by atoms with Gasteiger partial charge in [0.15, 0.2) is 11.5 Å². The minimum atomic E-state index is -0.262. The molecule has 3 rings (SSSR count). The first-order chi connectivity index (χ1) is 14.2. The van der Waals surface area contributed by atoms with Crippen LogP contribution in [0.3, 0.4) is 0 Å². The van der Waals surface area contributed by atoms with E-state index in [0.29, 0.717) is 22.8 Å². The van der Waals surface area contributed by atoms with Gasteiger partial charge in [-0.25, -0.2) is 5.43 Å². The summed E-state index contributed by atoms with van der Waals surface area (Å²) in [5.74, 6) is 1.26. The Bertz CT molecular complexity index is 1000. The van der Waals surface area contributed by atoms with Crippen LogP contribution in [-0.4, -0.2) is 40.0 Å². The zero-order valence-corrected chi connectivity index (χ0v) is 16.6. The molecule has 0 aromatic heterocycles. The number of fused-ring (bicyclic) bond motifs is 1. The van der Waals surface area contributed by atoms with Gasteiger partial charge >= 0.3 is 0 Å². The Labute approximate surface area is 169 Å². The van der Waals surface area contributed by atoms with Gasteiger partial charge in [-0.1, -0.05) is 36.4 Å². The van der Waals surface area contributed by atoms with Gasteiger partial charge in [-0.2, -0.15) is 5.10 Å². The summed E-state index contributed by atoms with van der Waals surface area (Å²) in [6.07, 6.45) is 1.51. The number of hydrogen-bond acceptors (Lipinski definition) is 6. The van der Waals surface area contributed by atoms with Crippen molar-refractivity contribution in [3.63, 3.8) is 0 Å². The van der Waals surface area contributed by atoms with Crippen molar-refractivity contribution in [2.45, 2.75) is 0 Å². The summed E-state index contributed by atoms with van der Waals surface area (Å²) < 4.78 is 15.9. The molecule has 0 fully saturated rings. The smallest absolute Gasteiger partial charge is 0.259 e. The van der Waals surface area contributed by atoms with Gasteiger partial charge in [-0.15, -0.1) is 0 Å². The third kappa shape index (κ3) is 4.76. The lowest BCUT2D eigenvalue weighted by Crippen LogP contribution is -2.25. The molecule has 0 atom stereocenters. The molecule has 2 N–H and O–H groups in total. The highest BCUT2D eigenvalue weighted by molar-refractivity contribution is 5.95. The van der Waals surface area contributed by atoms with Gasteiger partial charge in [-0.3, -0.25) is 4.79 Å². The number of carbonyl (C=O) groups is 1. The van der Waals surface area contributed by atoms with E-state index in [1.54, 1.807) is 26.4 Å². The maximum atomic E-state index is 12.1. The molecule has 3 aromatic rings. The van der Waals surface area contributed by atoms with Crippen molar-refractivity contribution in [3.05, 3.63) is 60.2 Å². The molecule has 0 aliphatic heterocycles. The van der Waals surface area contributed by atoms with Crippen LogP contribution in [0, 0.1) is 0 Å². The number of nitrogens with zero attached hydrogens (tertiary/aromatic N) is 1. The molecular formula is C22H23N3O4. The molecule has 29 heavy (non-hydrogen) atoms. The number of carbonyl (C=O) groups excluding carboxylic acids is 1. The number of hydrazone groups is 1. The molecule has 7 nitrogen and oxygen atoms in total. The molecule has 1 amide bonds. The molecule has 0 saturated heterocycles. The number of hydrogen-bond donors (Lipinski definition) is 2. The van der Waals surface area contributed by atoms with Crippen LogP contribution in [0.2, 0.25) is 0 Å². The molecule has 0 radical (unpaired) electrons. The van der Waals surface area contributed by atoms with Gasteiger partial charge < -0.3 is 19.5 Å². The monoisotopic (exact) mass is 393 g/mol. The van der Waals surface area contributed by atoms with E-state index in [2.05, 4.69) is 15.8 Å². The van der Waals surface area contributed by atoms with Gasteiger partial charge in [-0.05, 0) is 23.6 Å². The second kappa shape index (κ2) is 9.45. The molecule has 0 bridgehead atoms. The summed E-state index contributed by atoms with van der Waals surface area (Å²) in [4.78, 5) is 12.1. The summed E-state index contributed by atoms with van der Waals surface area (Å²) in [6, 6.07) is 17.4. The van der Waals surface area contributed by atoms with Crippen molar-refractivity contribution in [2.75, 3.05) is 33.2 Å². The Kier molecular flexibility index (Phi) is 6.52. The van der Waals surface area contributed by atoms with Crippen molar-refractivity contribution in [1.82, 2.24) is 5.43 Å². The Morgan fingerprint density at radius 3 is 2.34 bits per heavy atom. The summed E-state index contributed by atoms with van der Waals surface area (Å²) in [5, 5.41) is 9.32. The van der Waals surface area contributed by atoms with Crippen LogP contribution in [0.15, 0.2) is 59.7 Å². The van der Waals surface area contributed by atoms with E-state index < -0.39 is 0 Å². The molecule has 0 spiro atoms. The fourth-order valence-electron chi connectivity index (χ4n) is 2.95. The van der Waals surface area contributed by atoms with Gasteiger partial charge in [0.25, 0.3) is 5.91 Å². The highest BCUT2D eigenvalue weighted by atomic mass is 16.5. The number of amides is 1. The predicted octanol–water partition coefficient (Wildman–Crippen LogP) is 3.43. The third-order valence-electron chi connectivity index (χ3n) is 4.32. The number of nitrogens with one attached hydrogen (secondary N) is 2. The maximum Gasteiger partial charge on any atom is 0.259 e. The fourth-order valence-corrected chi connectivity index (χ4v) is 2.95. The van der Waals surface area contributed by atoms with Crippen molar-refractivity contribution in [2.24, 2.45) is 5.10 Å². The van der Waals surface area contributed by atoms with Gasteiger partial charge in [0, 0.05) is 16.6 Å². The molecule has 3 aromatic carbocycles. The largest absolute Gasteiger partial charge is 0.493 e. The van der Waals surface area contributed by atoms with Gasteiger partial charge in [0.05, 0.1) is 34.1 Å². The van der Waals surface area contributed by atoms with E-state index in [1.165, 1.54) is 13.3 Å². The third-order valence-corrected chi connectivity index (χ3v) is 4.32. The van der Waals surface area contributed by atoms with E-state index in [-0.39, 0.29) is 12.5 Å². The van der Waals surface area contributed by atoms with E-state index in [4.69, 9.17) is 14.2 Å². The van der Waals surface area contributed by atoms with Crippen LogP contribution < -0.4 is 25.0 Å². The number of rotatable bonds is 8. The van der Waals surface area contributed by atoms with Crippen molar-refractivity contribution in [3.8, 4) is 17.2 Å². The normalized spacial score (nSPS) is 10.7. The molecule has 0 aliphatic rings. The second-order valence-corrected chi connectivity index (χ2v) is 6.13. The minimum absolute atomic E-state index is 0.0978. The van der Waals surface area contributed by atoms with Gasteiger partial charge in [0.2, 0.25) is 5.75 Å². The zero-order valence-electron chi connectivity index (χ0n) is 16.6. The molecule has 0 saturated carbocycles. The first kappa shape index (κ1) is 20.0. The summed E-state index contributed by atoms with van der Waals surface area (Å²) >= 11 is 0. The number of ether oxygens (including phenoxy) is 3. The highest BCUT2D eigenvalue weighted by Crippen LogP contribution is 2.37. The van der Waals surface area contributed by atoms with Crippen LogP contribution in [0.25, 0.3) is 10.8 Å². The Hall–Kier alpha value is -3.74. The zero-order chi connectivity index (χ0) is 20.6. The minimum Gasteiger partial charge on any atom is -0.493 e. The maximum absolute atomic E-state index is 12.1. The number of anilines is 1. The summed E-state index contributed by atoms with van der Waals surface area (Å²) in [7, 11) is 4.62. The van der Waals surface area contributed by atoms with Crippen molar-refractivity contribution >= 4 is 28.6 Å². The molecule has 0 heterocycles. The van der Waals surface area contributed by atoms with E-state index >= 15 is 0 Å². The van der Waals surface area contributed by atoms with Crippen LogP contribution in [-0.2, 0) is 4.79 Å². The fraction of sp³-hybridized carbons (Fsp3) is 0.182. The predicted molar refractivity (Wildman–Crippen MR) is 114 cm³/mol. The molecule has 150 valence electrons. The lowest BCUT2D eigenvalue weighted by Gasteiger charge is -2.12. The van der Waals surface area contributed by atoms with E-state index in [9.17, 15) is 4.79 Å². The number of methoxy groups -OCH3 is 3. The van der Waals surface area contributed by atoms with Crippen molar-refractivity contribution < 1.29 is 19.0 Å². The van der Waals surface area contributed by atoms with Crippen molar-refractivity contribution in [1.29, 1.82) is 0 Å². The lowest BCUT2D eigenvalue weighted by molar-refractivity contribution is -0.119. The SMILES string of the molecule is COc1cc(C=NNC(=O)CNc2cccc3ccccc23)cc(OC)c1OC. The Morgan fingerprint density at radius 1 is 0.966 bits per heavy atom. The quantitative estimate of drug-likeness (QED) is 0.453. The lowest BCUT2D eigenvalue weighted by atomic mass is 10.1. The molecule has 7 heteroatoms. The Morgan fingerprint density at radius 2 is 1.66 bits per heavy atom. The average Bonchev–Trinajstić information content (AvgIpc) is 2.76. The summed E-state index contributed by atoms with van der Waals surface area (Å²) in [5.41, 5.74) is 4.10. The first-order valence-electron chi connectivity index (χ1n) is 8.99. The van der Waals surface area contributed by atoms with Crippen LogP contribution in [0.4, 0.5) is 5.69 Å². The average molecular weight is 393 g/mol.